The fourth-order valence-electron chi connectivity index (χ4n) is 6.09. The maximum atomic E-state index is 6.44. The third-order valence-corrected chi connectivity index (χ3v) is 7.91. The van der Waals surface area contributed by atoms with Crippen molar-refractivity contribution >= 4 is 0 Å². The number of ether oxygens (including phenoxy) is 9. The number of hydrogen-bond acceptors (Lipinski definition) is 9. The molecule has 9 nitrogen and oxygen atoms in total. The van der Waals surface area contributed by atoms with Crippen LogP contribution in [0.2, 0.25) is 0 Å². The second-order valence-corrected chi connectivity index (χ2v) is 12.1. The average molecular weight is 571 g/mol. The third kappa shape index (κ3) is 6.85. The first-order valence-corrected chi connectivity index (χ1v) is 14.6. The Bertz CT molecular complexity index is 1130. The van der Waals surface area contributed by atoms with Crippen molar-refractivity contribution in [1.82, 2.24) is 0 Å². The zero-order valence-electron chi connectivity index (χ0n) is 24.5. The summed E-state index contributed by atoms with van der Waals surface area (Å²) in [5.74, 6) is -1.54. The van der Waals surface area contributed by atoms with Crippen molar-refractivity contribution in [1.29, 1.82) is 0 Å². The van der Waals surface area contributed by atoms with Gasteiger partial charge in [0.2, 0.25) is 0 Å². The van der Waals surface area contributed by atoms with E-state index in [1.165, 1.54) is 0 Å². The maximum Gasteiger partial charge on any atom is 0.190 e. The van der Waals surface area contributed by atoms with E-state index in [-0.39, 0.29) is 43.2 Å². The van der Waals surface area contributed by atoms with Gasteiger partial charge in [-0.2, -0.15) is 0 Å². The molecule has 0 spiro atoms. The van der Waals surface area contributed by atoms with Crippen molar-refractivity contribution in [3.05, 3.63) is 71.8 Å². The van der Waals surface area contributed by atoms with E-state index in [4.69, 9.17) is 42.6 Å². The van der Waals surface area contributed by atoms with Gasteiger partial charge in [0.1, 0.15) is 30.5 Å². The first kappa shape index (κ1) is 29.2. The molecule has 2 aromatic carbocycles. The van der Waals surface area contributed by atoms with Crippen LogP contribution >= 0.6 is 0 Å². The molecule has 4 fully saturated rings. The van der Waals surface area contributed by atoms with Gasteiger partial charge in [0.15, 0.2) is 24.2 Å². The quantitative estimate of drug-likeness (QED) is 0.426. The molecule has 0 saturated carbocycles. The van der Waals surface area contributed by atoms with Gasteiger partial charge < -0.3 is 42.6 Å². The second kappa shape index (κ2) is 12.0. The Morgan fingerprint density at radius 2 is 1.27 bits per heavy atom. The fourth-order valence-corrected chi connectivity index (χ4v) is 6.09. The standard InChI is InChI=1S/C32H42O9/c1-20-26(35-18-22-14-10-7-11-15-22)23(33-17-21-12-8-6-9-13-21)16-25(36-20)34-19-24-27-28(39-31(2,3)38-27)29-30(37-24)41-32(4,5)40-29/h6-15,20,23-30H,16-19H2,1-5H3. The van der Waals surface area contributed by atoms with Gasteiger partial charge in [0.05, 0.1) is 32.0 Å². The summed E-state index contributed by atoms with van der Waals surface area (Å²) in [5.41, 5.74) is 2.20. The molecule has 4 aliphatic heterocycles. The lowest BCUT2D eigenvalue weighted by atomic mass is 9.99. The molecule has 0 aromatic heterocycles. The molecule has 2 aromatic rings. The second-order valence-electron chi connectivity index (χ2n) is 12.1. The molecule has 4 saturated heterocycles. The van der Waals surface area contributed by atoms with Gasteiger partial charge in [-0.3, -0.25) is 0 Å². The summed E-state index contributed by atoms with van der Waals surface area (Å²) in [6.45, 7) is 10.7. The van der Waals surface area contributed by atoms with Crippen molar-refractivity contribution in [2.75, 3.05) is 6.61 Å². The molecule has 0 bridgehead atoms. The molecule has 9 heteroatoms. The summed E-state index contributed by atoms with van der Waals surface area (Å²) in [5, 5.41) is 0. The number of rotatable bonds is 9. The Morgan fingerprint density at radius 1 is 0.683 bits per heavy atom. The zero-order chi connectivity index (χ0) is 28.6. The highest BCUT2D eigenvalue weighted by Crippen LogP contribution is 2.44. The van der Waals surface area contributed by atoms with Gasteiger partial charge in [-0.1, -0.05) is 60.7 Å². The summed E-state index contributed by atoms with van der Waals surface area (Å²) >= 11 is 0. The maximum absolute atomic E-state index is 6.44. The smallest absolute Gasteiger partial charge is 0.190 e. The molecule has 9 atom stereocenters. The fraction of sp³-hybridized carbons (Fsp3) is 0.625. The zero-order valence-corrected chi connectivity index (χ0v) is 24.5. The summed E-state index contributed by atoms with van der Waals surface area (Å²) in [6, 6.07) is 20.3. The van der Waals surface area contributed by atoms with Crippen LogP contribution in [0.4, 0.5) is 0 Å². The predicted octanol–water partition coefficient (Wildman–Crippen LogP) is 4.71. The van der Waals surface area contributed by atoms with Crippen LogP contribution in [0.25, 0.3) is 0 Å². The molecule has 41 heavy (non-hydrogen) atoms. The summed E-state index contributed by atoms with van der Waals surface area (Å²) in [7, 11) is 0. The van der Waals surface area contributed by atoms with Gasteiger partial charge >= 0.3 is 0 Å². The van der Waals surface area contributed by atoms with E-state index in [1.54, 1.807) is 0 Å². The minimum atomic E-state index is -0.772. The molecule has 0 N–H and O–H groups in total. The molecule has 0 radical (unpaired) electrons. The van der Waals surface area contributed by atoms with Crippen LogP contribution in [0.15, 0.2) is 60.7 Å². The predicted molar refractivity (Wildman–Crippen MR) is 147 cm³/mol. The Labute approximate surface area is 242 Å². The van der Waals surface area contributed by atoms with Crippen LogP contribution in [0, 0.1) is 0 Å². The normalized spacial score (nSPS) is 37.4. The van der Waals surface area contributed by atoms with E-state index >= 15 is 0 Å². The molecule has 6 rings (SSSR count). The summed E-state index contributed by atoms with van der Waals surface area (Å²) < 4.78 is 56.4. The van der Waals surface area contributed by atoms with Gasteiger partial charge in [0, 0.05) is 6.42 Å². The van der Waals surface area contributed by atoms with E-state index < -0.39 is 30.3 Å². The van der Waals surface area contributed by atoms with Crippen molar-refractivity contribution < 1.29 is 42.6 Å². The number of benzene rings is 2. The lowest BCUT2D eigenvalue weighted by molar-refractivity contribution is -0.288. The lowest BCUT2D eigenvalue weighted by Crippen LogP contribution is -2.57. The SMILES string of the molecule is CC1OC(OCC2OC3OC(C)(C)OC3C3OC(C)(C)OC23)CC(OCc2ccccc2)C1OCc1ccccc1. The molecule has 224 valence electrons. The van der Waals surface area contributed by atoms with Crippen LogP contribution in [-0.4, -0.2) is 73.5 Å². The Hall–Kier alpha value is -1.92. The monoisotopic (exact) mass is 570 g/mol. The van der Waals surface area contributed by atoms with Crippen molar-refractivity contribution in [2.24, 2.45) is 0 Å². The van der Waals surface area contributed by atoms with E-state index in [0.717, 1.165) is 11.1 Å². The molecule has 4 heterocycles. The van der Waals surface area contributed by atoms with Crippen LogP contribution in [0.1, 0.15) is 52.2 Å². The van der Waals surface area contributed by atoms with Gasteiger partial charge in [0.25, 0.3) is 0 Å². The highest BCUT2D eigenvalue weighted by molar-refractivity contribution is 5.14. The highest BCUT2D eigenvalue weighted by atomic mass is 16.9. The minimum Gasteiger partial charge on any atom is -0.371 e. The average Bonchev–Trinajstić information content (AvgIpc) is 3.44. The molecule has 0 amide bonds. The van der Waals surface area contributed by atoms with Crippen molar-refractivity contribution in [3.63, 3.8) is 0 Å². The Kier molecular flexibility index (Phi) is 8.53. The third-order valence-electron chi connectivity index (χ3n) is 7.91. The molecular formula is C32H42O9. The van der Waals surface area contributed by atoms with Crippen LogP contribution < -0.4 is 0 Å². The molecule has 4 aliphatic rings. The van der Waals surface area contributed by atoms with Gasteiger partial charge in [-0.05, 0) is 45.7 Å². The highest BCUT2D eigenvalue weighted by Gasteiger charge is 2.60. The summed E-state index contributed by atoms with van der Waals surface area (Å²) in [6.07, 6.45) is -2.79. The lowest BCUT2D eigenvalue weighted by Gasteiger charge is -2.41. The van der Waals surface area contributed by atoms with Crippen LogP contribution in [-0.2, 0) is 55.8 Å². The Morgan fingerprint density at radius 3 is 1.95 bits per heavy atom. The van der Waals surface area contributed by atoms with Crippen molar-refractivity contribution in [3.8, 4) is 0 Å². The molecular weight excluding hydrogens is 528 g/mol. The van der Waals surface area contributed by atoms with Gasteiger partial charge in [-0.25, -0.2) is 0 Å². The van der Waals surface area contributed by atoms with E-state index in [2.05, 4.69) is 24.3 Å². The topological polar surface area (TPSA) is 83.1 Å². The van der Waals surface area contributed by atoms with Crippen LogP contribution in [0.3, 0.4) is 0 Å². The van der Waals surface area contributed by atoms with E-state index in [0.29, 0.717) is 19.6 Å². The molecule has 9 unspecified atom stereocenters. The number of fused-ring (bicyclic) bond motifs is 3. The summed E-state index contributed by atoms with van der Waals surface area (Å²) in [4.78, 5) is 0. The minimum absolute atomic E-state index is 0.227. The van der Waals surface area contributed by atoms with Gasteiger partial charge in [-0.15, -0.1) is 0 Å². The Balaban J connectivity index is 1.11. The van der Waals surface area contributed by atoms with Crippen molar-refractivity contribution in [2.45, 2.75) is 121 Å². The first-order chi connectivity index (χ1) is 19.7. The number of hydrogen-bond donors (Lipinski definition) is 0. The van der Waals surface area contributed by atoms with E-state index in [9.17, 15) is 0 Å². The molecule has 0 aliphatic carbocycles. The van der Waals surface area contributed by atoms with E-state index in [1.807, 2.05) is 71.0 Å². The van der Waals surface area contributed by atoms with Crippen LogP contribution in [0.5, 0.6) is 0 Å². The first-order valence-electron chi connectivity index (χ1n) is 14.6. The largest absolute Gasteiger partial charge is 0.371 e.